The van der Waals surface area contributed by atoms with Crippen molar-refractivity contribution in [2.24, 2.45) is 0 Å². The molecular weight excluding hydrogens is 650 g/mol. The zero-order valence-corrected chi connectivity index (χ0v) is 32.9. The zero-order valence-electron chi connectivity index (χ0n) is 32.1. The van der Waals surface area contributed by atoms with Crippen molar-refractivity contribution in [1.82, 2.24) is 20.9 Å². The van der Waals surface area contributed by atoms with Gasteiger partial charge in [-0.2, -0.15) is 0 Å². The number of halogens is 1. The van der Waals surface area contributed by atoms with Crippen LogP contribution in [0.5, 0.6) is 0 Å². The van der Waals surface area contributed by atoms with Gasteiger partial charge in [-0.15, -0.1) is 30.7 Å². The Bertz CT molecular complexity index is 1220. The van der Waals surface area contributed by atoms with Gasteiger partial charge in [0.2, 0.25) is 12.3 Å². The smallest absolute Gasteiger partial charge is 0.251 e. The third-order valence-electron chi connectivity index (χ3n) is 6.12. The van der Waals surface area contributed by atoms with Gasteiger partial charge in [0.05, 0.1) is 0 Å². The molecule has 0 radical (unpaired) electrons. The van der Waals surface area contributed by atoms with E-state index in [1.165, 1.54) is 12.2 Å². The van der Waals surface area contributed by atoms with Gasteiger partial charge >= 0.3 is 0 Å². The van der Waals surface area contributed by atoms with Crippen molar-refractivity contribution in [3.8, 4) is 12.3 Å². The minimum Gasteiger partial charge on any atom is -0.368 e. The number of benzene rings is 1. The second kappa shape index (κ2) is 36.1. The Morgan fingerprint density at radius 3 is 2.34 bits per heavy atom. The van der Waals surface area contributed by atoms with Gasteiger partial charge in [-0.25, -0.2) is 4.39 Å². The van der Waals surface area contributed by atoms with Crippen LogP contribution < -0.4 is 20.9 Å². The third kappa shape index (κ3) is 24.8. The minimum absolute atomic E-state index is 0.0403. The molecule has 280 valence electrons. The Kier molecular flexibility index (Phi) is 36.2. The number of amides is 3. The Labute approximate surface area is 307 Å². The van der Waals surface area contributed by atoms with E-state index >= 15 is 0 Å². The molecule has 3 N–H and O–H groups in total. The van der Waals surface area contributed by atoms with Crippen molar-refractivity contribution >= 4 is 35.7 Å². The first kappa shape index (κ1) is 50.2. The van der Waals surface area contributed by atoms with E-state index in [4.69, 9.17) is 0 Å². The molecule has 8 nitrogen and oxygen atoms in total. The van der Waals surface area contributed by atoms with Gasteiger partial charge in [0.25, 0.3) is 5.91 Å². The van der Waals surface area contributed by atoms with E-state index in [1.807, 2.05) is 83.4 Å². The number of para-hydroxylation sites is 1. The second-order valence-electron chi connectivity index (χ2n) is 10.0. The summed E-state index contributed by atoms with van der Waals surface area (Å²) >= 11 is 1.72. The van der Waals surface area contributed by atoms with Crippen LogP contribution in [0.1, 0.15) is 87.1 Å². The molecule has 0 aromatic heterocycles. The molecule has 1 aromatic carbocycles. The maximum atomic E-state index is 13.2. The molecule has 3 amide bonds. The van der Waals surface area contributed by atoms with Crippen molar-refractivity contribution in [3.05, 3.63) is 89.8 Å². The molecule has 0 unspecified atom stereocenters. The summed E-state index contributed by atoms with van der Waals surface area (Å²) in [5.41, 5.74) is 2.35. The molecule has 10 heteroatoms. The van der Waals surface area contributed by atoms with E-state index in [2.05, 4.69) is 52.4 Å². The topological polar surface area (TPSA) is 93.8 Å². The number of alkyl halides is 1. The molecule has 0 saturated carbocycles. The third-order valence-corrected chi connectivity index (χ3v) is 6.99. The summed E-state index contributed by atoms with van der Waals surface area (Å²) in [6, 6.07) is 8.25. The zero-order chi connectivity index (χ0) is 38.6. The van der Waals surface area contributed by atoms with E-state index in [0.717, 1.165) is 42.9 Å². The van der Waals surface area contributed by atoms with Gasteiger partial charge in [-0.3, -0.25) is 14.4 Å². The van der Waals surface area contributed by atoms with Crippen LogP contribution in [0.2, 0.25) is 0 Å². The van der Waals surface area contributed by atoms with Crippen LogP contribution in [0, 0.1) is 12.3 Å². The number of fused-ring (bicyclic) bond motifs is 1. The van der Waals surface area contributed by atoms with Crippen LogP contribution in [0.15, 0.2) is 84.2 Å². The maximum Gasteiger partial charge on any atom is 0.251 e. The van der Waals surface area contributed by atoms with Gasteiger partial charge in [-0.05, 0) is 76.7 Å². The van der Waals surface area contributed by atoms with E-state index in [-0.39, 0.29) is 24.3 Å². The highest BCUT2D eigenvalue weighted by molar-refractivity contribution is 8.01. The number of hydrogen-bond acceptors (Lipinski definition) is 6. The molecule has 1 heterocycles. The van der Waals surface area contributed by atoms with Crippen molar-refractivity contribution in [3.63, 3.8) is 0 Å². The number of terminal acetylenes is 1. The van der Waals surface area contributed by atoms with Crippen molar-refractivity contribution in [2.75, 3.05) is 37.8 Å². The van der Waals surface area contributed by atoms with Crippen molar-refractivity contribution < 1.29 is 18.8 Å². The summed E-state index contributed by atoms with van der Waals surface area (Å²) in [5, 5.41) is 10.5. The normalized spacial score (nSPS) is 13.0. The fourth-order valence-electron chi connectivity index (χ4n) is 3.99. The molecule has 0 aliphatic carbocycles. The largest absolute Gasteiger partial charge is 0.368 e. The SMILES string of the molecule is C#CC.C=CCN/C(=C/C(=O)NC(/C=C\CC(=O)N1CCC/C=C\SCc2ccccc21)=C/CF)N(CC)CC.CC.CC.CC(C)NC=O. The van der Waals surface area contributed by atoms with Crippen molar-refractivity contribution in [2.45, 2.75) is 93.4 Å². The average molecular weight is 714 g/mol. The second-order valence-corrected chi connectivity index (χ2v) is 10.9. The highest BCUT2D eigenvalue weighted by atomic mass is 32.2. The predicted molar refractivity (Wildman–Crippen MR) is 215 cm³/mol. The van der Waals surface area contributed by atoms with Crippen LogP contribution in [-0.2, 0) is 20.1 Å². The Hall–Kier alpha value is -4.23. The molecule has 0 bridgehead atoms. The number of nitrogens with zero attached hydrogens (tertiary/aromatic N) is 2. The lowest BCUT2D eigenvalue weighted by atomic mass is 10.1. The molecule has 2 rings (SSSR count). The summed E-state index contributed by atoms with van der Waals surface area (Å²) in [5.74, 6) is 3.29. The number of allylic oxidation sites excluding steroid dienone is 3. The van der Waals surface area contributed by atoms with Crippen LogP contribution in [0.3, 0.4) is 0 Å². The molecular formula is C40H64FN5O3S. The van der Waals surface area contributed by atoms with Crippen molar-refractivity contribution in [1.29, 1.82) is 0 Å². The quantitative estimate of drug-likeness (QED) is 0.0591. The van der Waals surface area contributed by atoms with Crippen LogP contribution >= 0.6 is 11.8 Å². The molecule has 0 atom stereocenters. The Morgan fingerprint density at radius 2 is 1.80 bits per heavy atom. The average Bonchev–Trinajstić information content (AvgIpc) is 3.11. The fraction of sp³-hybridized carbons (Fsp3) is 0.475. The van der Waals surface area contributed by atoms with E-state index in [1.54, 1.807) is 36.9 Å². The molecule has 1 aliphatic heterocycles. The van der Waals surface area contributed by atoms with Crippen LogP contribution in [-0.4, -0.2) is 62.0 Å². The molecule has 0 fully saturated rings. The summed E-state index contributed by atoms with van der Waals surface area (Å²) in [6.07, 6.45) is 17.1. The lowest BCUT2D eigenvalue weighted by molar-refractivity contribution is -0.118. The van der Waals surface area contributed by atoms with Gasteiger partial charge in [0.1, 0.15) is 12.5 Å². The molecule has 1 aliphatic rings. The summed E-state index contributed by atoms with van der Waals surface area (Å²) in [4.78, 5) is 39.2. The highest BCUT2D eigenvalue weighted by Crippen LogP contribution is 2.27. The molecule has 1 aromatic rings. The lowest BCUT2D eigenvalue weighted by Crippen LogP contribution is -2.34. The predicted octanol–water partition coefficient (Wildman–Crippen LogP) is 8.27. The molecule has 0 saturated heterocycles. The summed E-state index contributed by atoms with van der Waals surface area (Å²) in [7, 11) is 0. The first-order valence-electron chi connectivity index (χ1n) is 17.5. The van der Waals surface area contributed by atoms with E-state index in [9.17, 15) is 18.8 Å². The van der Waals surface area contributed by atoms with E-state index in [0.29, 0.717) is 31.0 Å². The number of carbonyl (C=O) groups is 3. The summed E-state index contributed by atoms with van der Waals surface area (Å²) < 4.78 is 13.2. The fourth-order valence-corrected chi connectivity index (χ4v) is 4.78. The number of nitrogens with one attached hydrogen (secondary N) is 3. The van der Waals surface area contributed by atoms with Gasteiger partial charge in [-0.1, -0.05) is 64.1 Å². The molecule has 50 heavy (non-hydrogen) atoms. The first-order chi connectivity index (χ1) is 24.2. The first-order valence-corrected chi connectivity index (χ1v) is 18.5. The highest BCUT2D eigenvalue weighted by Gasteiger charge is 2.18. The van der Waals surface area contributed by atoms with Crippen LogP contribution in [0.4, 0.5) is 10.1 Å². The summed E-state index contributed by atoms with van der Waals surface area (Å²) in [6.45, 7) is 23.0. The van der Waals surface area contributed by atoms with Gasteiger partial charge < -0.3 is 25.8 Å². The lowest BCUT2D eigenvalue weighted by Gasteiger charge is -2.25. The monoisotopic (exact) mass is 713 g/mol. The number of rotatable bonds is 14. The standard InChI is InChI=1S/C29H39FN4O2S.C4H9NO.C3H4.2C2H6/c1-4-19-31-27(33(5-2)6-3)22-28(35)32-25(17-18-30)14-12-16-29(36)34-20-10-7-11-21-37-23-24-13-8-9-15-26(24)34;1-4(2)5-3-6;1-3-2;2*1-2/h4,8-9,11-15,17,21-22,31H,1,5-7,10,16,18-20,23H2,2-3H3,(H,32,35);3-4H,1-2H3,(H,5,6);1H,2H3;2*1-2H3/b14-12-,21-11-,25-17+,27-22-;;;;. The van der Waals surface area contributed by atoms with Gasteiger partial charge in [0, 0.05) is 61.9 Å². The minimum atomic E-state index is -0.736. The maximum absolute atomic E-state index is 13.2. The van der Waals surface area contributed by atoms with Gasteiger partial charge in [0.15, 0.2) is 0 Å². The van der Waals surface area contributed by atoms with Crippen LogP contribution in [0.25, 0.3) is 0 Å². The molecule has 0 spiro atoms. The number of hydrogen-bond donors (Lipinski definition) is 3. The number of thioether (sulfide) groups is 1. The number of carbonyl (C=O) groups excluding carboxylic acids is 3. The van der Waals surface area contributed by atoms with E-state index < -0.39 is 6.67 Å². The Morgan fingerprint density at radius 1 is 1.16 bits per heavy atom. The number of anilines is 1. The Balaban J connectivity index is -0.00000147.